The second kappa shape index (κ2) is 56.2. The Balaban J connectivity index is 0.000000167. The Bertz CT molecular complexity index is 6050. The number of aliphatic hydroxyl groups excluding tert-OH is 1. The van der Waals surface area contributed by atoms with Gasteiger partial charge in [-0.2, -0.15) is 0 Å². The number of nitrogens with zero attached hydrogens (tertiary/aromatic N) is 9. The van der Waals surface area contributed by atoms with Gasteiger partial charge in [-0.05, 0) is 202 Å². The molecule has 5 fully saturated rings. The standard InChI is InChI=1S/C41H51FN4O7S.C25H21FN2O3S.C25H19FN2O3S.C16H32N2O5.CH4/c1-29(47)46(15-16-50-19-20-52-22-21-51-18-17-49-2)33-10-13-45(14-11-33)28-32-5-7-36(44-27-32)40-26-37-41(54-40)39(9-12-43-37)53-38-8-6-31(25-35(38)42)24-34(48)23-30-3-4-30;2*26-19-11-16(10-18(30)9-15-1-2-15)4-6-22(19)31-23-7-8-27-21-12-24(32-25(21)23)20-5-3-17(14-29)13-28-20;1-15(19)18(16-3-5-17-6-4-16)7-8-21-11-12-23-14-13-22-10-9-20-2;/h5-9,12,25-27,30,33H,3-4,10-11,13-24,28H2,1-2H3;3-8,11-13,15,29H,1-2,9-10,14H2;3-8,11-15H,1-2,9-10H2;16-17H,3-14H2,1-2H3;1H4. The van der Waals surface area contributed by atoms with Crippen LogP contribution < -0.4 is 19.5 Å². The molecule has 2 N–H and O–H groups in total. The molecule has 3 aliphatic carbocycles. The van der Waals surface area contributed by atoms with E-state index >= 15 is 4.39 Å². The summed E-state index contributed by atoms with van der Waals surface area (Å²) in [4.78, 5) is 107. The van der Waals surface area contributed by atoms with Crippen molar-refractivity contribution < 1.29 is 99.2 Å². The van der Waals surface area contributed by atoms with Crippen molar-refractivity contribution in [3.63, 3.8) is 0 Å². The number of carbonyl (C=O) groups is 6. The molecule has 17 rings (SSSR count). The van der Waals surface area contributed by atoms with Crippen molar-refractivity contribution in [3.8, 4) is 66.2 Å². The van der Waals surface area contributed by atoms with Crippen LogP contribution in [0.15, 0.2) is 165 Å². The molecule has 11 heterocycles. The number of halogens is 3. The van der Waals surface area contributed by atoms with Gasteiger partial charge >= 0.3 is 0 Å². The van der Waals surface area contributed by atoms with Gasteiger partial charge in [-0.15, -0.1) is 34.0 Å². The van der Waals surface area contributed by atoms with Gasteiger partial charge in [0.2, 0.25) is 11.8 Å². The number of fused-ring (bicyclic) bond motifs is 3. The van der Waals surface area contributed by atoms with Crippen LogP contribution in [0.3, 0.4) is 0 Å². The van der Waals surface area contributed by atoms with Crippen LogP contribution in [0.25, 0.3) is 62.4 Å². The number of aldehydes is 1. The molecule has 2 aliphatic heterocycles. The highest BCUT2D eigenvalue weighted by Crippen LogP contribution is 2.44. The molecule has 3 saturated carbocycles. The number of ketones is 3. The first-order chi connectivity index (χ1) is 68.8. The number of hydrogen-bond acceptors (Lipinski definition) is 29. The molecule has 0 bridgehead atoms. The quantitative estimate of drug-likeness (QED) is 0.0264. The van der Waals surface area contributed by atoms with E-state index in [0.717, 1.165) is 171 Å². The third-order valence-electron chi connectivity index (χ3n) is 24.4. The number of benzene rings is 3. The van der Waals surface area contributed by atoms with Gasteiger partial charge < -0.3 is 72.3 Å². The molecule has 12 aromatic rings. The SMILES string of the molecule is C.COCCOCCOCCOCCN(C(C)=O)C1CCN(Cc2ccc(-c3cc4nccc(Oc5ccc(CC(=O)CC6CC6)cc5F)c4s3)nc2)CC1.COCCOCCOCCOCCN(C(C)=O)C1CCNCC1.O=C(Cc1ccc(Oc2ccnc3cc(-c4ccc(CO)cn4)sc23)c(F)c1)CC1CC1.O=Cc1ccc(-c2cc3nccc(Oc4ccc(CC(=O)CC5CC5)cc4F)c3s2)nc1. The zero-order chi connectivity index (χ0) is 98.6. The smallest absolute Gasteiger partial charge is 0.219 e. The summed E-state index contributed by atoms with van der Waals surface area (Å²) < 4.78 is 107. The zero-order valence-electron chi connectivity index (χ0n) is 80.2. The molecular formula is C108H127F3N10O18S3. The summed E-state index contributed by atoms with van der Waals surface area (Å²) >= 11 is 4.40. The minimum atomic E-state index is -0.505. The van der Waals surface area contributed by atoms with Crippen LogP contribution in [0.1, 0.15) is 143 Å². The fraction of sp³-hybridized carbons (Fsp3) is 0.444. The number of nitrogens with one attached hydrogen (secondary N) is 1. The molecule has 3 aromatic carbocycles. The van der Waals surface area contributed by atoms with Crippen molar-refractivity contribution in [2.45, 2.75) is 149 Å². The van der Waals surface area contributed by atoms with Crippen LogP contribution in [0.2, 0.25) is 0 Å². The van der Waals surface area contributed by atoms with Crippen molar-refractivity contribution in [1.82, 2.24) is 49.9 Å². The van der Waals surface area contributed by atoms with Gasteiger partial charge in [-0.1, -0.05) is 37.8 Å². The normalized spacial score (nSPS) is 14.3. The number of amides is 2. The molecule has 0 radical (unpaired) electrons. The maximum Gasteiger partial charge on any atom is 0.219 e. The first kappa shape index (κ1) is 108. The fourth-order valence-electron chi connectivity index (χ4n) is 16.4. The lowest BCUT2D eigenvalue weighted by molar-refractivity contribution is -0.133. The van der Waals surface area contributed by atoms with Gasteiger partial charge in [0, 0.05) is 172 Å². The molecule has 2 amide bonds. The second-order valence-corrected chi connectivity index (χ2v) is 38.7. The van der Waals surface area contributed by atoms with E-state index in [0.29, 0.717) is 194 Å². The Hall–Kier alpha value is -11.2. The van der Waals surface area contributed by atoms with Crippen molar-refractivity contribution in [2.24, 2.45) is 17.8 Å². The van der Waals surface area contributed by atoms with E-state index in [1.54, 1.807) is 120 Å². The number of methoxy groups -OCH3 is 2. The predicted molar refractivity (Wildman–Crippen MR) is 542 cm³/mol. The largest absolute Gasteiger partial charge is 0.453 e. The number of pyridine rings is 6. The molecule has 0 unspecified atom stereocenters. The summed E-state index contributed by atoms with van der Waals surface area (Å²) in [5, 5.41) is 12.5. The lowest BCUT2D eigenvalue weighted by atomic mass is 10.0. The fourth-order valence-corrected chi connectivity index (χ4v) is 19.5. The Labute approximate surface area is 838 Å². The van der Waals surface area contributed by atoms with Crippen LogP contribution in [0.5, 0.6) is 34.5 Å². The first-order valence-electron chi connectivity index (χ1n) is 48.2. The van der Waals surface area contributed by atoms with Gasteiger partial charge in [0.25, 0.3) is 0 Å². The zero-order valence-corrected chi connectivity index (χ0v) is 82.6. The van der Waals surface area contributed by atoms with E-state index in [2.05, 4.69) is 41.2 Å². The van der Waals surface area contributed by atoms with Gasteiger partial charge in [0.05, 0.1) is 161 Å². The van der Waals surface area contributed by atoms with E-state index in [-0.39, 0.29) is 85.8 Å². The topological polar surface area (TPSA) is 323 Å². The van der Waals surface area contributed by atoms with Gasteiger partial charge in [0.15, 0.2) is 41.0 Å². The third-order valence-corrected chi connectivity index (χ3v) is 27.9. The maximum absolute atomic E-state index is 15.1. The molecule has 142 heavy (non-hydrogen) atoms. The minimum absolute atomic E-state index is 0. The van der Waals surface area contributed by atoms with Crippen LogP contribution in [-0.4, -0.2) is 243 Å². The Morgan fingerprint density at radius 3 is 1.06 bits per heavy atom. The molecule has 34 heteroatoms. The van der Waals surface area contributed by atoms with Gasteiger partial charge in [0.1, 0.15) is 34.6 Å². The number of Topliss-reactive ketones (excluding diaryl/α,β-unsaturated/α-hetero) is 3. The third kappa shape index (κ3) is 34.0. The number of likely N-dealkylation sites (tertiary alicyclic amines) is 1. The highest BCUT2D eigenvalue weighted by atomic mass is 32.1. The number of aliphatic hydroxyl groups is 1. The Morgan fingerprint density at radius 1 is 0.408 bits per heavy atom. The number of rotatable bonds is 51. The summed E-state index contributed by atoms with van der Waals surface area (Å²) in [5.74, 6) is 2.57. The molecule has 0 atom stereocenters. The van der Waals surface area contributed by atoms with E-state index in [9.17, 15) is 42.7 Å². The molecular weight excluding hydrogens is 1880 g/mol. The van der Waals surface area contributed by atoms with E-state index < -0.39 is 17.5 Å². The average Bonchev–Trinajstić information content (AvgIpc) is 1.65. The van der Waals surface area contributed by atoms with Crippen molar-refractivity contribution in [1.29, 1.82) is 0 Å². The molecule has 0 spiro atoms. The second-order valence-electron chi connectivity index (χ2n) is 35.5. The summed E-state index contributed by atoms with van der Waals surface area (Å²) in [6, 6.07) is 36.9. The highest BCUT2D eigenvalue weighted by molar-refractivity contribution is 7.23. The molecule has 5 aliphatic rings. The summed E-state index contributed by atoms with van der Waals surface area (Å²) in [5.41, 5.74) is 8.86. The number of piperidine rings is 2. The maximum atomic E-state index is 15.1. The lowest BCUT2D eigenvalue weighted by Crippen LogP contribution is -2.47. The predicted octanol–water partition coefficient (Wildman–Crippen LogP) is 19.3. The summed E-state index contributed by atoms with van der Waals surface area (Å²) in [6.07, 6.45) is 23.8. The molecule has 28 nitrogen and oxygen atoms in total. The van der Waals surface area contributed by atoms with Crippen LogP contribution in [0, 0.1) is 35.2 Å². The molecule has 2 saturated heterocycles. The van der Waals surface area contributed by atoms with Crippen molar-refractivity contribution in [2.75, 3.05) is 146 Å². The average molecular weight is 2010 g/mol. The number of aromatic nitrogens is 6. The lowest BCUT2D eigenvalue weighted by Gasteiger charge is -2.38. The molecule has 756 valence electrons. The van der Waals surface area contributed by atoms with E-state index in [4.69, 9.17) is 57.1 Å². The van der Waals surface area contributed by atoms with Crippen molar-refractivity contribution in [3.05, 3.63) is 215 Å². The van der Waals surface area contributed by atoms with E-state index in [1.165, 1.54) is 58.4 Å². The molecule has 9 aromatic heterocycles. The first-order valence-corrected chi connectivity index (χ1v) is 50.7. The number of carbonyl (C=O) groups excluding carboxylic acids is 6. The van der Waals surface area contributed by atoms with Crippen LogP contribution >= 0.6 is 34.0 Å². The minimum Gasteiger partial charge on any atom is -0.453 e. The number of ether oxygens (including phenoxy) is 11. The van der Waals surface area contributed by atoms with Crippen LogP contribution in [0.4, 0.5) is 13.2 Å². The Kier molecular flexibility index (Phi) is 42.8. The highest BCUT2D eigenvalue weighted by Gasteiger charge is 2.31. The van der Waals surface area contributed by atoms with Gasteiger partial charge in [-0.3, -0.25) is 63.6 Å². The Morgan fingerprint density at radius 2 is 0.746 bits per heavy atom. The van der Waals surface area contributed by atoms with Crippen molar-refractivity contribution >= 4 is 100 Å². The van der Waals surface area contributed by atoms with Crippen LogP contribution in [-0.2, 0) is 94.3 Å². The van der Waals surface area contributed by atoms with Gasteiger partial charge in [-0.25, -0.2) is 13.2 Å². The number of hydrogen-bond donors (Lipinski definition) is 2. The summed E-state index contributed by atoms with van der Waals surface area (Å²) in [7, 11) is 3.29. The number of thiophene rings is 3. The summed E-state index contributed by atoms with van der Waals surface area (Å²) in [6.45, 7) is 16.5. The monoisotopic (exact) mass is 2000 g/mol. The van der Waals surface area contributed by atoms with E-state index in [1.807, 2.05) is 52.4 Å².